The van der Waals surface area contributed by atoms with Gasteiger partial charge in [-0.2, -0.15) is 0 Å². The van der Waals surface area contributed by atoms with E-state index in [9.17, 15) is 0 Å². The van der Waals surface area contributed by atoms with Crippen molar-refractivity contribution in [2.75, 3.05) is 4.90 Å². The maximum Gasteiger partial charge on any atom is 0.0502 e. The molecule has 202 valence electrons. The van der Waals surface area contributed by atoms with Gasteiger partial charge in [0.15, 0.2) is 0 Å². The van der Waals surface area contributed by atoms with E-state index < -0.39 is 9.07 Å². The van der Waals surface area contributed by atoms with Crippen LogP contribution < -0.4 is 4.90 Å². The Balaban J connectivity index is 1.37. The molecule has 0 aromatic heterocycles. The Bertz CT molecular complexity index is 2110. The van der Waals surface area contributed by atoms with Crippen LogP contribution in [0.4, 0.5) is 17.1 Å². The highest BCUT2D eigenvalue weighted by Crippen LogP contribution is 2.71. The number of nitrogens with zero attached hydrogens (tertiary/aromatic N) is 1. The van der Waals surface area contributed by atoms with E-state index in [1.54, 1.807) is 0 Å². The van der Waals surface area contributed by atoms with Crippen molar-refractivity contribution in [2.45, 2.75) is 38.8 Å². The maximum absolute atomic E-state index is 16.6. The standard InChI is InChI=1S/C39H29NOS/c1-39(2)31-16-6-8-18-33(31)40(34-19-9-7-17-32(34)39)26-23-24-38-30(25-26)29-15-5-12-22-37(29)42(38,41)35-20-10-3-13-27(35)28-14-4-11-21-36(28)42/h3-25H,1-2H3. The predicted octanol–water partition coefficient (Wildman–Crippen LogP) is 10.1. The zero-order chi connectivity index (χ0) is 28.3. The van der Waals surface area contributed by atoms with Gasteiger partial charge in [-0.05, 0) is 76.3 Å². The summed E-state index contributed by atoms with van der Waals surface area (Å²) < 4.78 is 16.6. The summed E-state index contributed by atoms with van der Waals surface area (Å²) >= 11 is 0. The SMILES string of the molecule is CC1(C)c2ccccc2N(c2ccc3c(c2)-c2ccccc2S32(=O)c3ccccc3-c3ccccc32)c2ccccc21. The van der Waals surface area contributed by atoms with Crippen LogP contribution in [0.3, 0.4) is 0 Å². The van der Waals surface area contributed by atoms with Gasteiger partial charge in [0.25, 0.3) is 0 Å². The Morgan fingerprint density at radius 3 is 1.40 bits per heavy atom. The van der Waals surface area contributed by atoms with E-state index in [1.165, 1.54) is 22.5 Å². The van der Waals surface area contributed by atoms with Gasteiger partial charge in [-0.15, -0.1) is 0 Å². The number of benzene rings is 6. The predicted molar refractivity (Wildman–Crippen MR) is 172 cm³/mol. The van der Waals surface area contributed by atoms with Crippen molar-refractivity contribution >= 4 is 26.1 Å². The molecule has 42 heavy (non-hydrogen) atoms. The van der Waals surface area contributed by atoms with Crippen LogP contribution in [0.15, 0.2) is 159 Å². The minimum Gasteiger partial charge on any atom is -0.310 e. The fourth-order valence-corrected chi connectivity index (χ4v) is 13.1. The average molecular weight is 560 g/mol. The highest BCUT2D eigenvalue weighted by molar-refractivity contribution is 8.21. The zero-order valence-corrected chi connectivity index (χ0v) is 24.4. The molecular formula is C39H29NOS. The first-order valence-corrected chi connectivity index (χ1v) is 16.5. The van der Waals surface area contributed by atoms with Crippen LogP contribution in [0.1, 0.15) is 25.0 Å². The molecule has 1 spiro atoms. The molecule has 0 aliphatic carbocycles. The monoisotopic (exact) mass is 559 g/mol. The van der Waals surface area contributed by atoms with E-state index in [0.29, 0.717) is 0 Å². The second-order valence-electron chi connectivity index (χ2n) is 12.1. The molecule has 2 nitrogen and oxygen atoms in total. The summed E-state index contributed by atoms with van der Waals surface area (Å²) in [5.74, 6) is 0. The van der Waals surface area contributed by atoms with Gasteiger partial charge in [0.2, 0.25) is 0 Å². The van der Waals surface area contributed by atoms with E-state index in [4.69, 9.17) is 0 Å². The summed E-state index contributed by atoms with van der Waals surface area (Å²) in [6.07, 6.45) is 0. The van der Waals surface area contributed by atoms with Gasteiger partial charge in [-0.25, -0.2) is 0 Å². The van der Waals surface area contributed by atoms with E-state index in [-0.39, 0.29) is 5.41 Å². The first kappa shape index (κ1) is 23.9. The number of rotatable bonds is 1. The molecule has 0 fully saturated rings. The Labute approximate surface area is 246 Å². The topological polar surface area (TPSA) is 20.3 Å². The van der Waals surface area contributed by atoms with Gasteiger partial charge >= 0.3 is 0 Å². The molecule has 3 heterocycles. The smallest absolute Gasteiger partial charge is 0.0502 e. The van der Waals surface area contributed by atoms with Crippen LogP contribution >= 0.6 is 0 Å². The molecule has 3 aliphatic heterocycles. The van der Waals surface area contributed by atoms with E-state index in [1.807, 2.05) is 18.2 Å². The van der Waals surface area contributed by atoms with Crippen LogP contribution in [0, 0.1) is 0 Å². The minimum atomic E-state index is -3.83. The van der Waals surface area contributed by atoms with Crippen LogP contribution in [0.25, 0.3) is 22.3 Å². The minimum absolute atomic E-state index is 0.126. The molecule has 0 atom stereocenters. The molecular weight excluding hydrogens is 531 g/mol. The Morgan fingerprint density at radius 1 is 0.476 bits per heavy atom. The van der Waals surface area contributed by atoms with Crippen molar-refractivity contribution in [1.29, 1.82) is 0 Å². The van der Waals surface area contributed by atoms with Crippen LogP contribution in [0.5, 0.6) is 0 Å². The molecule has 6 aromatic rings. The summed E-state index contributed by atoms with van der Waals surface area (Å²) in [5.41, 5.74) is 10.1. The second-order valence-corrected chi connectivity index (χ2v) is 15.8. The van der Waals surface area contributed by atoms with Crippen LogP contribution in [-0.2, 0) is 14.5 Å². The number of hydrogen-bond donors (Lipinski definition) is 0. The average Bonchev–Trinajstić information content (AvgIpc) is 3.42. The lowest BCUT2D eigenvalue weighted by Gasteiger charge is -2.42. The molecule has 0 N–H and O–H groups in total. The number of para-hydroxylation sites is 2. The molecule has 6 aromatic carbocycles. The Hall–Kier alpha value is -4.73. The van der Waals surface area contributed by atoms with Crippen molar-refractivity contribution in [3.63, 3.8) is 0 Å². The van der Waals surface area contributed by atoms with Crippen molar-refractivity contribution in [3.8, 4) is 22.3 Å². The molecule has 0 radical (unpaired) electrons. The quantitative estimate of drug-likeness (QED) is 0.199. The fraction of sp³-hybridized carbons (Fsp3) is 0.0769. The highest BCUT2D eigenvalue weighted by atomic mass is 32.3. The van der Waals surface area contributed by atoms with E-state index in [2.05, 4.69) is 140 Å². The molecule has 0 bridgehead atoms. The molecule has 9 rings (SSSR count). The largest absolute Gasteiger partial charge is 0.310 e. The summed E-state index contributed by atoms with van der Waals surface area (Å²) in [4.78, 5) is 6.05. The normalized spacial score (nSPS) is 18.0. The van der Waals surface area contributed by atoms with Gasteiger partial charge in [0.05, 0.1) is 11.4 Å². The van der Waals surface area contributed by atoms with Gasteiger partial charge in [0, 0.05) is 45.3 Å². The van der Waals surface area contributed by atoms with Crippen molar-refractivity contribution in [1.82, 2.24) is 0 Å². The maximum atomic E-state index is 16.6. The highest BCUT2D eigenvalue weighted by Gasteiger charge is 2.57. The van der Waals surface area contributed by atoms with Crippen LogP contribution in [0.2, 0.25) is 0 Å². The third-order valence-corrected chi connectivity index (χ3v) is 14.6. The number of hydrogen-bond acceptors (Lipinski definition) is 2. The van der Waals surface area contributed by atoms with Crippen LogP contribution in [-0.4, -0.2) is 4.21 Å². The molecule has 0 saturated carbocycles. The molecule has 3 heteroatoms. The van der Waals surface area contributed by atoms with Crippen molar-refractivity contribution in [3.05, 3.63) is 151 Å². The summed E-state index contributed by atoms with van der Waals surface area (Å²) in [6, 6.07) is 49.0. The van der Waals surface area contributed by atoms with Gasteiger partial charge < -0.3 is 4.90 Å². The lowest BCUT2D eigenvalue weighted by molar-refractivity contribution is 0.632. The Kier molecular flexibility index (Phi) is 4.42. The number of fused-ring (bicyclic) bond motifs is 12. The molecule has 0 saturated heterocycles. The molecule has 3 aliphatic rings. The van der Waals surface area contributed by atoms with Crippen molar-refractivity contribution < 1.29 is 4.21 Å². The van der Waals surface area contributed by atoms with Gasteiger partial charge in [-0.1, -0.05) is 105 Å². The summed E-state index contributed by atoms with van der Waals surface area (Å²) in [6.45, 7) is 4.62. The lowest BCUT2D eigenvalue weighted by Crippen LogP contribution is -2.31. The number of anilines is 3. The third kappa shape index (κ3) is 2.56. The van der Waals surface area contributed by atoms with E-state index >= 15 is 4.21 Å². The second kappa shape index (κ2) is 7.76. The summed E-state index contributed by atoms with van der Waals surface area (Å²) in [5, 5.41) is 0. The fourth-order valence-electron chi connectivity index (χ4n) is 7.95. The van der Waals surface area contributed by atoms with Gasteiger partial charge in [0.1, 0.15) is 0 Å². The zero-order valence-electron chi connectivity index (χ0n) is 23.5. The van der Waals surface area contributed by atoms with E-state index in [0.717, 1.165) is 47.5 Å². The Morgan fingerprint density at radius 2 is 0.881 bits per heavy atom. The lowest BCUT2D eigenvalue weighted by atomic mass is 9.73. The third-order valence-electron chi connectivity index (χ3n) is 9.78. The first-order chi connectivity index (χ1) is 20.4. The molecule has 0 unspecified atom stereocenters. The van der Waals surface area contributed by atoms with Crippen molar-refractivity contribution in [2.24, 2.45) is 0 Å². The molecule has 0 amide bonds. The van der Waals surface area contributed by atoms with Gasteiger partial charge in [-0.3, -0.25) is 4.21 Å². The summed E-state index contributed by atoms with van der Waals surface area (Å²) in [7, 11) is -3.83. The first-order valence-electron chi connectivity index (χ1n) is 14.5.